The molecule has 0 aliphatic rings. The van der Waals surface area contributed by atoms with Crippen molar-refractivity contribution in [1.82, 2.24) is 0 Å². The summed E-state index contributed by atoms with van der Waals surface area (Å²) in [5, 5.41) is 0. The van der Waals surface area contributed by atoms with Crippen molar-refractivity contribution in [2.24, 2.45) is 5.41 Å². The van der Waals surface area contributed by atoms with E-state index in [-0.39, 0.29) is 0 Å². The Kier molecular flexibility index (Phi) is 6.46. The summed E-state index contributed by atoms with van der Waals surface area (Å²) in [6, 6.07) is 9.22. The third-order valence-electron chi connectivity index (χ3n) is 3.22. The summed E-state index contributed by atoms with van der Waals surface area (Å²) in [6.45, 7) is 10.8. The second kappa shape index (κ2) is 7.61. The molecule has 0 saturated heterocycles. The topological polar surface area (TPSA) is 0 Å². The molecule has 0 spiro atoms. The Hall–Kier alpha value is -0.780. The molecule has 0 atom stereocenters. The van der Waals surface area contributed by atoms with Crippen LogP contribution in [0.25, 0.3) is 0 Å². The summed E-state index contributed by atoms with van der Waals surface area (Å²) >= 11 is 0. The van der Waals surface area contributed by atoms with E-state index in [1.807, 2.05) is 0 Å². The van der Waals surface area contributed by atoms with Crippen LogP contribution in [0.2, 0.25) is 0 Å². The van der Waals surface area contributed by atoms with E-state index in [1.165, 1.54) is 43.2 Å². The predicted molar refractivity (Wildman–Crippen MR) is 81.7 cm³/mol. The minimum Gasteiger partial charge on any atom is -0.0599 e. The van der Waals surface area contributed by atoms with Crippen LogP contribution in [0.1, 0.15) is 64.0 Å². The summed E-state index contributed by atoms with van der Waals surface area (Å²) in [4.78, 5) is 0. The third-order valence-corrected chi connectivity index (χ3v) is 3.22. The van der Waals surface area contributed by atoms with E-state index in [4.69, 9.17) is 0 Å². The quantitative estimate of drug-likeness (QED) is 0.548. The van der Waals surface area contributed by atoms with Crippen LogP contribution < -0.4 is 0 Å². The van der Waals surface area contributed by atoms with Crippen molar-refractivity contribution in [1.29, 1.82) is 0 Å². The van der Waals surface area contributed by atoms with Crippen molar-refractivity contribution in [3.8, 4) is 0 Å². The summed E-state index contributed by atoms with van der Waals surface area (Å²) in [5.74, 6) is 0. The van der Waals surface area contributed by atoms with Gasteiger partial charge in [-0.1, -0.05) is 77.6 Å². The van der Waals surface area contributed by atoms with Gasteiger partial charge in [-0.25, -0.2) is 0 Å². The zero-order chi connectivity index (χ0) is 13.4. The number of rotatable bonds is 7. The van der Waals surface area contributed by atoms with Gasteiger partial charge in [0.05, 0.1) is 0 Å². The van der Waals surface area contributed by atoms with Crippen LogP contribution in [-0.2, 0) is 12.8 Å². The highest BCUT2D eigenvalue weighted by molar-refractivity contribution is 5.23. The number of hydrogen-bond acceptors (Lipinski definition) is 0. The molecule has 0 N–H and O–H groups in total. The van der Waals surface area contributed by atoms with E-state index >= 15 is 0 Å². The van der Waals surface area contributed by atoms with E-state index in [0.717, 1.165) is 12.8 Å². The zero-order valence-electron chi connectivity index (χ0n) is 12.5. The molecule has 1 aromatic carbocycles. The molecule has 0 nitrogen and oxygen atoms in total. The average molecular weight is 245 g/mol. The fourth-order valence-electron chi connectivity index (χ4n) is 2.30. The van der Waals surface area contributed by atoms with Gasteiger partial charge in [0.2, 0.25) is 0 Å². The Morgan fingerprint density at radius 1 is 0.833 bits per heavy atom. The third kappa shape index (κ3) is 6.83. The van der Waals surface area contributed by atoms with Gasteiger partial charge in [-0.3, -0.25) is 0 Å². The van der Waals surface area contributed by atoms with Gasteiger partial charge in [0.15, 0.2) is 0 Å². The lowest BCUT2D eigenvalue weighted by Crippen LogP contribution is -2.08. The van der Waals surface area contributed by atoms with Crippen LogP contribution in [0.15, 0.2) is 24.3 Å². The number of benzene rings is 1. The Labute approximate surface area is 114 Å². The summed E-state index contributed by atoms with van der Waals surface area (Å²) in [6.07, 6.45) is 8.76. The van der Waals surface area contributed by atoms with Gasteiger partial charge in [-0.15, -0.1) is 0 Å². The minimum atomic E-state index is 0.385. The first-order valence-electron chi connectivity index (χ1n) is 7.38. The normalized spacial score (nSPS) is 11.8. The van der Waals surface area contributed by atoms with Gasteiger partial charge < -0.3 is 0 Å². The molecule has 0 aromatic heterocycles. The molecule has 0 bridgehead atoms. The molecule has 0 aliphatic heterocycles. The van der Waals surface area contributed by atoms with Crippen LogP contribution >= 0.6 is 0 Å². The van der Waals surface area contributed by atoms with E-state index < -0.39 is 0 Å². The molecule has 1 aromatic rings. The Morgan fingerprint density at radius 3 is 1.94 bits per heavy atom. The molecular formula is C18H29. The van der Waals surface area contributed by atoms with Crippen LogP contribution in [0.5, 0.6) is 0 Å². The number of hydrogen-bond donors (Lipinski definition) is 0. The van der Waals surface area contributed by atoms with E-state index in [9.17, 15) is 0 Å². The van der Waals surface area contributed by atoms with Crippen molar-refractivity contribution in [2.75, 3.05) is 0 Å². The van der Waals surface area contributed by atoms with Gasteiger partial charge in [0, 0.05) is 0 Å². The van der Waals surface area contributed by atoms with Crippen LogP contribution in [0.3, 0.4) is 0 Å². The van der Waals surface area contributed by atoms with Gasteiger partial charge in [0.25, 0.3) is 0 Å². The average Bonchev–Trinajstić information content (AvgIpc) is 2.29. The lowest BCUT2D eigenvalue weighted by molar-refractivity contribution is 0.411. The smallest absolute Gasteiger partial charge is 0.0230 e. The Bertz CT molecular complexity index is 313. The monoisotopic (exact) mass is 245 g/mol. The maximum Gasteiger partial charge on any atom is -0.0230 e. The molecule has 1 rings (SSSR count). The fourth-order valence-corrected chi connectivity index (χ4v) is 2.30. The molecule has 0 saturated carbocycles. The SMILES string of the molecule is [CH2]CCCCCCc1ccc(CC(C)(C)C)cc1. The van der Waals surface area contributed by atoms with Gasteiger partial charge in [0.1, 0.15) is 0 Å². The number of unbranched alkanes of at least 4 members (excludes halogenated alkanes) is 4. The zero-order valence-corrected chi connectivity index (χ0v) is 12.5. The van der Waals surface area contributed by atoms with Crippen LogP contribution in [-0.4, -0.2) is 0 Å². The second-order valence-corrected chi connectivity index (χ2v) is 6.57. The van der Waals surface area contributed by atoms with Crippen molar-refractivity contribution in [3.05, 3.63) is 42.3 Å². The van der Waals surface area contributed by atoms with E-state index in [1.54, 1.807) is 0 Å². The van der Waals surface area contributed by atoms with Gasteiger partial charge in [-0.05, 0) is 35.8 Å². The molecule has 0 heteroatoms. The van der Waals surface area contributed by atoms with Crippen molar-refractivity contribution in [2.45, 2.75) is 65.7 Å². The summed E-state index contributed by atoms with van der Waals surface area (Å²) in [7, 11) is 0. The standard InChI is InChI=1S/C18H29/c1-5-6-7-8-9-10-16-11-13-17(14-12-16)15-18(2,3)4/h11-14H,1,5-10,15H2,2-4H3. The lowest BCUT2D eigenvalue weighted by Gasteiger charge is -2.18. The molecular weight excluding hydrogens is 216 g/mol. The summed E-state index contributed by atoms with van der Waals surface area (Å²) in [5.41, 5.74) is 3.33. The van der Waals surface area contributed by atoms with E-state index in [2.05, 4.69) is 52.0 Å². The summed E-state index contributed by atoms with van der Waals surface area (Å²) < 4.78 is 0. The first-order chi connectivity index (χ1) is 8.51. The van der Waals surface area contributed by atoms with Crippen LogP contribution in [0.4, 0.5) is 0 Å². The fraction of sp³-hybridized carbons (Fsp3) is 0.611. The molecule has 0 unspecified atom stereocenters. The largest absolute Gasteiger partial charge is 0.0599 e. The number of aryl methyl sites for hydroxylation is 1. The molecule has 0 heterocycles. The minimum absolute atomic E-state index is 0.385. The first kappa shape index (κ1) is 15.3. The maximum atomic E-state index is 3.88. The Balaban J connectivity index is 2.32. The highest BCUT2D eigenvalue weighted by Crippen LogP contribution is 2.21. The lowest BCUT2D eigenvalue weighted by atomic mass is 9.88. The highest BCUT2D eigenvalue weighted by Gasteiger charge is 2.10. The molecule has 101 valence electrons. The predicted octanol–water partition coefficient (Wildman–Crippen LogP) is 5.60. The van der Waals surface area contributed by atoms with Gasteiger partial charge >= 0.3 is 0 Å². The van der Waals surface area contributed by atoms with E-state index in [0.29, 0.717) is 5.41 Å². The van der Waals surface area contributed by atoms with Gasteiger partial charge in [-0.2, -0.15) is 0 Å². The highest BCUT2D eigenvalue weighted by atomic mass is 14.2. The van der Waals surface area contributed by atoms with Crippen molar-refractivity contribution in [3.63, 3.8) is 0 Å². The molecule has 0 fully saturated rings. The molecule has 0 aliphatic carbocycles. The molecule has 1 radical (unpaired) electrons. The maximum absolute atomic E-state index is 3.88. The van der Waals surface area contributed by atoms with Crippen molar-refractivity contribution >= 4 is 0 Å². The van der Waals surface area contributed by atoms with Crippen LogP contribution in [0, 0.1) is 12.3 Å². The Morgan fingerprint density at radius 2 is 1.39 bits per heavy atom. The van der Waals surface area contributed by atoms with Crippen molar-refractivity contribution < 1.29 is 0 Å². The first-order valence-corrected chi connectivity index (χ1v) is 7.38. The molecule has 18 heavy (non-hydrogen) atoms. The second-order valence-electron chi connectivity index (χ2n) is 6.57. The molecule has 0 amide bonds.